The molecule has 9 rings (SSSR count). The molecule has 0 aliphatic rings. The van der Waals surface area contributed by atoms with E-state index in [9.17, 15) is 10.5 Å². The summed E-state index contributed by atoms with van der Waals surface area (Å²) in [4.78, 5) is 4.00. The van der Waals surface area contributed by atoms with Crippen molar-refractivity contribution < 1.29 is 0 Å². The molecule has 0 unspecified atom stereocenters. The monoisotopic (exact) mass is 635 g/mol. The second-order valence-corrected chi connectivity index (χ2v) is 12.2. The molecule has 0 radical (unpaired) electrons. The van der Waals surface area contributed by atoms with Crippen molar-refractivity contribution in [3.63, 3.8) is 0 Å². The lowest BCUT2D eigenvalue weighted by Gasteiger charge is -2.19. The van der Waals surface area contributed by atoms with E-state index in [0.29, 0.717) is 16.8 Å². The van der Waals surface area contributed by atoms with Crippen molar-refractivity contribution in [2.75, 3.05) is 0 Å². The Bertz CT molecular complexity index is 2900. The highest BCUT2D eigenvalue weighted by Gasteiger charge is 2.22. The number of nitriles is 2. The van der Waals surface area contributed by atoms with Crippen molar-refractivity contribution in [2.24, 2.45) is 0 Å². The number of nitrogens with zero attached hydrogens (tertiary/aromatic N) is 5. The van der Waals surface area contributed by atoms with Crippen LogP contribution in [-0.4, -0.2) is 9.13 Å². The van der Waals surface area contributed by atoms with Crippen LogP contribution in [0.25, 0.3) is 82.1 Å². The Labute approximate surface area is 288 Å². The molecule has 0 amide bonds. The van der Waals surface area contributed by atoms with Crippen LogP contribution in [0, 0.1) is 29.2 Å². The number of hydrogen-bond acceptors (Lipinski definition) is 2. The number of rotatable bonds is 4. The molecule has 0 fully saturated rings. The van der Waals surface area contributed by atoms with Crippen molar-refractivity contribution in [2.45, 2.75) is 0 Å². The van der Waals surface area contributed by atoms with Gasteiger partial charge in [0.15, 0.2) is 0 Å². The van der Waals surface area contributed by atoms with E-state index >= 15 is 0 Å². The Morgan fingerprint density at radius 1 is 0.500 bits per heavy atom. The van der Waals surface area contributed by atoms with E-state index in [0.717, 1.165) is 66.5 Å². The van der Waals surface area contributed by atoms with E-state index in [2.05, 4.69) is 117 Å². The maximum Gasteiger partial charge on any atom is 0.211 e. The van der Waals surface area contributed by atoms with Gasteiger partial charge in [0, 0.05) is 27.2 Å². The lowest BCUT2D eigenvalue weighted by molar-refractivity contribution is 1.18. The zero-order valence-corrected chi connectivity index (χ0v) is 26.7. The van der Waals surface area contributed by atoms with Crippen molar-refractivity contribution in [3.8, 4) is 45.8 Å². The SMILES string of the molecule is [C-]#[N+]c1cccc(-c2ccccc2-c2ccc(-n3c4ccccc4c4ccccc43)cc2)c1-n1c2ccc(C#N)cc2c2c(C#N)cccc21. The van der Waals surface area contributed by atoms with Gasteiger partial charge in [-0.25, -0.2) is 4.85 Å². The third-order valence-electron chi connectivity index (χ3n) is 9.63. The van der Waals surface area contributed by atoms with Gasteiger partial charge in [0.05, 0.1) is 57.6 Å². The molecular formula is C45H25N5. The Kier molecular flexibility index (Phi) is 6.56. The summed E-state index contributed by atoms with van der Waals surface area (Å²) < 4.78 is 4.39. The van der Waals surface area contributed by atoms with Crippen molar-refractivity contribution in [1.29, 1.82) is 10.5 Å². The number of fused-ring (bicyclic) bond motifs is 6. The fourth-order valence-corrected chi connectivity index (χ4v) is 7.51. The number of hydrogen-bond donors (Lipinski definition) is 0. The van der Waals surface area contributed by atoms with Crippen LogP contribution in [0.2, 0.25) is 0 Å². The van der Waals surface area contributed by atoms with Crippen LogP contribution >= 0.6 is 0 Å². The molecule has 0 bridgehead atoms. The summed E-state index contributed by atoms with van der Waals surface area (Å²) >= 11 is 0. The zero-order chi connectivity index (χ0) is 33.8. The summed E-state index contributed by atoms with van der Waals surface area (Å²) in [5.74, 6) is 0. The first-order chi connectivity index (χ1) is 24.7. The number of para-hydroxylation sites is 3. The highest BCUT2D eigenvalue weighted by molar-refractivity contribution is 6.13. The van der Waals surface area contributed by atoms with Gasteiger partial charge in [0.1, 0.15) is 0 Å². The van der Waals surface area contributed by atoms with Crippen LogP contribution in [0.15, 0.2) is 152 Å². The summed E-state index contributed by atoms with van der Waals surface area (Å²) in [7, 11) is 0. The third-order valence-corrected chi connectivity index (χ3v) is 9.63. The maximum atomic E-state index is 10.1. The van der Waals surface area contributed by atoms with Crippen molar-refractivity contribution >= 4 is 49.3 Å². The molecule has 2 aromatic heterocycles. The second-order valence-electron chi connectivity index (χ2n) is 12.2. The molecule has 0 aliphatic heterocycles. The van der Waals surface area contributed by atoms with Crippen LogP contribution in [0.1, 0.15) is 11.1 Å². The standard InChI is InChI=1S/C45H25N5/c1-48-39-16-9-15-37(45(39)50-42-25-20-29(27-46)26-38(42)44-31(28-47)10-8-19-43(44)50)34-12-3-2-11-33(34)30-21-23-32(24-22-30)49-40-17-6-4-13-35(40)36-14-5-7-18-41(36)49/h2-26H. The number of aromatic nitrogens is 2. The molecule has 230 valence electrons. The minimum atomic E-state index is 0.490. The predicted molar refractivity (Wildman–Crippen MR) is 202 cm³/mol. The molecule has 0 atom stereocenters. The third kappa shape index (κ3) is 4.24. The molecule has 0 saturated heterocycles. The van der Waals surface area contributed by atoms with Gasteiger partial charge in [-0.1, -0.05) is 97.1 Å². The molecule has 50 heavy (non-hydrogen) atoms. The first-order valence-electron chi connectivity index (χ1n) is 16.3. The normalized spacial score (nSPS) is 11.1. The topological polar surface area (TPSA) is 61.8 Å². The average molecular weight is 636 g/mol. The smallest absolute Gasteiger partial charge is 0.211 e. The van der Waals surface area contributed by atoms with Gasteiger partial charge in [-0.2, -0.15) is 10.5 Å². The van der Waals surface area contributed by atoms with E-state index in [1.54, 1.807) is 12.1 Å². The van der Waals surface area contributed by atoms with E-state index in [4.69, 9.17) is 6.57 Å². The average Bonchev–Trinajstić information content (AvgIpc) is 3.70. The summed E-state index contributed by atoms with van der Waals surface area (Å²) in [6, 6.07) is 55.6. The van der Waals surface area contributed by atoms with E-state index in [1.165, 1.54) is 10.8 Å². The van der Waals surface area contributed by atoms with Crippen molar-refractivity contribution in [1.82, 2.24) is 9.13 Å². The Morgan fingerprint density at radius 3 is 1.82 bits per heavy atom. The van der Waals surface area contributed by atoms with Crippen LogP contribution in [0.4, 0.5) is 5.69 Å². The highest BCUT2D eigenvalue weighted by Crippen LogP contribution is 2.44. The summed E-state index contributed by atoms with van der Waals surface area (Å²) in [6.07, 6.45) is 0. The molecule has 0 aliphatic carbocycles. The Balaban J connectivity index is 1.26. The van der Waals surface area contributed by atoms with Crippen LogP contribution in [-0.2, 0) is 0 Å². The first kappa shape index (κ1) is 28.8. The van der Waals surface area contributed by atoms with E-state index in [-0.39, 0.29) is 0 Å². The van der Waals surface area contributed by atoms with Gasteiger partial charge in [-0.3, -0.25) is 0 Å². The van der Waals surface area contributed by atoms with Gasteiger partial charge in [-0.15, -0.1) is 0 Å². The Morgan fingerprint density at radius 2 is 1.12 bits per heavy atom. The van der Waals surface area contributed by atoms with Gasteiger partial charge in [-0.05, 0) is 76.9 Å². The van der Waals surface area contributed by atoms with E-state index < -0.39 is 0 Å². The van der Waals surface area contributed by atoms with Gasteiger partial charge in [0.25, 0.3) is 0 Å². The van der Waals surface area contributed by atoms with Gasteiger partial charge in [0.2, 0.25) is 5.69 Å². The van der Waals surface area contributed by atoms with Gasteiger partial charge < -0.3 is 9.13 Å². The molecule has 7 aromatic carbocycles. The predicted octanol–water partition coefficient (Wildman–Crippen LogP) is 11.5. The summed E-state index contributed by atoms with van der Waals surface area (Å²) in [5.41, 5.74) is 11.3. The van der Waals surface area contributed by atoms with Gasteiger partial charge >= 0.3 is 0 Å². The first-order valence-corrected chi connectivity index (χ1v) is 16.3. The van der Waals surface area contributed by atoms with Crippen LogP contribution in [0.3, 0.4) is 0 Å². The number of benzene rings is 7. The van der Waals surface area contributed by atoms with Crippen molar-refractivity contribution in [3.05, 3.63) is 174 Å². The Hall–Kier alpha value is -7.39. The second kappa shape index (κ2) is 11.4. The molecule has 0 spiro atoms. The molecule has 5 heteroatoms. The van der Waals surface area contributed by atoms with Crippen LogP contribution in [0.5, 0.6) is 0 Å². The molecule has 0 saturated carbocycles. The van der Waals surface area contributed by atoms with E-state index in [1.807, 2.05) is 48.5 Å². The quantitative estimate of drug-likeness (QED) is 0.181. The summed E-state index contributed by atoms with van der Waals surface area (Å²) in [6.45, 7) is 8.24. The highest BCUT2D eigenvalue weighted by atomic mass is 15.0. The van der Waals surface area contributed by atoms with Crippen LogP contribution < -0.4 is 0 Å². The molecule has 0 N–H and O–H groups in total. The minimum Gasteiger partial charge on any atom is -0.318 e. The molecule has 2 heterocycles. The summed E-state index contributed by atoms with van der Waals surface area (Å²) in [5, 5.41) is 23.9. The zero-order valence-electron chi connectivity index (χ0n) is 26.7. The lowest BCUT2D eigenvalue weighted by atomic mass is 9.93. The molecule has 5 nitrogen and oxygen atoms in total. The fraction of sp³-hybridized carbons (Fsp3) is 0. The maximum absolute atomic E-state index is 10.1. The fourth-order valence-electron chi connectivity index (χ4n) is 7.51. The molecule has 9 aromatic rings. The minimum absolute atomic E-state index is 0.490. The largest absolute Gasteiger partial charge is 0.318 e. The molecular weight excluding hydrogens is 611 g/mol. The lowest BCUT2D eigenvalue weighted by Crippen LogP contribution is -1.99.